The molecule has 23 heavy (non-hydrogen) atoms. The van der Waals surface area contributed by atoms with Crippen molar-refractivity contribution >= 4 is 34.9 Å². The highest BCUT2D eigenvalue weighted by Gasteiger charge is 2.29. The highest BCUT2D eigenvalue weighted by Crippen LogP contribution is 2.29. The summed E-state index contributed by atoms with van der Waals surface area (Å²) in [6.07, 6.45) is -1.38. The van der Waals surface area contributed by atoms with Crippen LogP contribution in [0.15, 0.2) is 48.5 Å². The molecule has 0 aliphatic carbocycles. The lowest BCUT2D eigenvalue weighted by Crippen LogP contribution is -2.34. The van der Waals surface area contributed by atoms with Crippen LogP contribution in [0.1, 0.15) is 18.5 Å². The first-order valence-electron chi connectivity index (χ1n) is 7.14. The maximum Gasteiger partial charge on any atom is 0.337 e. The number of aliphatic hydroxyl groups is 1. The van der Waals surface area contributed by atoms with Crippen LogP contribution in [0, 0.1) is 0 Å². The van der Waals surface area contributed by atoms with Crippen LogP contribution in [0.4, 0.5) is 5.69 Å². The van der Waals surface area contributed by atoms with Gasteiger partial charge < -0.3 is 15.2 Å². The second kappa shape index (κ2) is 8.20. The minimum Gasteiger partial charge on any atom is -0.464 e. The van der Waals surface area contributed by atoms with E-state index in [1.54, 1.807) is 25.1 Å². The average Bonchev–Trinajstić information content (AvgIpc) is 2.56. The van der Waals surface area contributed by atoms with Crippen LogP contribution in [0.3, 0.4) is 0 Å². The molecule has 122 valence electrons. The van der Waals surface area contributed by atoms with Crippen LogP contribution in [0.25, 0.3) is 0 Å². The molecule has 0 aromatic heterocycles. The largest absolute Gasteiger partial charge is 0.464 e. The van der Waals surface area contributed by atoms with Gasteiger partial charge in [-0.05, 0) is 36.8 Å². The average molecular weight is 354 g/mol. The van der Waals surface area contributed by atoms with Gasteiger partial charge in [-0.15, -0.1) is 0 Å². The number of benzene rings is 2. The number of aliphatic hydroxyl groups excluding tert-OH is 1. The Morgan fingerprint density at radius 1 is 1.17 bits per heavy atom. The fourth-order valence-corrected chi connectivity index (χ4v) is 2.43. The molecule has 0 aliphatic rings. The summed E-state index contributed by atoms with van der Waals surface area (Å²) in [5.41, 5.74) is 1.38. The van der Waals surface area contributed by atoms with E-state index in [9.17, 15) is 9.90 Å². The summed E-state index contributed by atoms with van der Waals surface area (Å²) in [5, 5.41) is 14.2. The number of halogens is 2. The zero-order chi connectivity index (χ0) is 16.8. The lowest BCUT2D eigenvalue weighted by molar-refractivity contribution is -0.153. The molecule has 2 N–H and O–H groups in total. The van der Waals surface area contributed by atoms with Crippen molar-refractivity contribution in [1.82, 2.24) is 0 Å². The molecule has 0 saturated heterocycles. The monoisotopic (exact) mass is 353 g/mol. The number of anilines is 1. The summed E-state index contributed by atoms with van der Waals surface area (Å²) in [6, 6.07) is 13.5. The number of esters is 1. The van der Waals surface area contributed by atoms with Crippen molar-refractivity contribution < 1.29 is 14.6 Å². The van der Waals surface area contributed by atoms with E-state index in [0.29, 0.717) is 15.6 Å². The van der Waals surface area contributed by atoms with Crippen LogP contribution in [-0.4, -0.2) is 23.8 Å². The Kier molecular flexibility index (Phi) is 6.28. The molecule has 0 spiro atoms. The van der Waals surface area contributed by atoms with Gasteiger partial charge in [-0.1, -0.05) is 47.5 Å². The predicted molar refractivity (Wildman–Crippen MR) is 91.9 cm³/mol. The number of para-hydroxylation sites is 1. The van der Waals surface area contributed by atoms with Crippen molar-refractivity contribution in [1.29, 1.82) is 0 Å². The minimum absolute atomic E-state index is 0.190. The maximum absolute atomic E-state index is 11.9. The number of hydrogen-bond acceptors (Lipinski definition) is 4. The molecular weight excluding hydrogens is 337 g/mol. The zero-order valence-corrected chi connectivity index (χ0v) is 14.0. The van der Waals surface area contributed by atoms with Crippen LogP contribution in [-0.2, 0) is 9.53 Å². The Hall–Kier alpha value is -1.75. The van der Waals surface area contributed by atoms with Gasteiger partial charge in [-0.3, -0.25) is 0 Å². The first kappa shape index (κ1) is 17.6. The first-order chi connectivity index (χ1) is 11.0. The topological polar surface area (TPSA) is 58.6 Å². The standard InChI is InChI=1S/C17H17Cl2NO3/c1-2-23-17(22)16(21)15(20-12-6-4-3-5-7-12)11-8-9-13(18)14(19)10-11/h3-10,15-16,20-21H,2H2,1H3/t15-,16+/m0/s1. The van der Waals surface area contributed by atoms with E-state index in [-0.39, 0.29) is 6.61 Å². The fraction of sp³-hybridized carbons (Fsp3) is 0.235. The second-order valence-corrected chi connectivity index (χ2v) is 5.67. The minimum atomic E-state index is -1.38. The van der Waals surface area contributed by atoms with E-state index in [1.807, 2.05) is 30.3 Å². The Balaban J connectivity index is 2.33. The van der Waals surface area contributed by atoms with E-state index in [0.717, 1.165) is 5.69 Å². The molecule has 6 heteroatoms. The SMILES string of the molecule is CCOC(=O)[C@H](O)[C@@H](Nc1ccccc1)c1ccc(Cl)c(Cl)c1. The highest BCUT2D eigenvalue weighted by atomic mass is 35.5. The van der Waals surface area contributed by atoms with E-state index in [1.165, 1.54) is 0 Å². The third kappa shape index (κ3) is 4.61. The highest BCUT2D eigenvalue weighted by molar-refractivity contribution is 6.42. The Bertz CT molecular complexity index is 664. The normalized spacial score (nSPS) is 13.2. The molecule has 0 bridgehead atoms. The van der Waals surface area contributed by atoms with E-state index >= 15 is 0 Å². The van der Waals surface area contributed by atoms with Gasteiger partial charge in [0.15, 0.2) is 6.10 Å². The van der Waals surface area contributed by atoms with Gasteiger partial charge in [0.1, 0.15) is 0 Å². The molecule has 0 saturated carbocycles. The van der Waals surface area contributed by atoms with Gasteiger partial charge in [0.2, 0.25) is 0 Å². The summed E-state index contributed by atoms with van der Waals surface area (Å²) in [4.78, 5) is 11.9. The van der Waals surface area contributed by atoms with Gasteiger partial charge in [0.05, 0.1) is 22.7 Å². The molecule has 0 radical (unpaired) electrons. The molecule has 2 aromatic carbocycles. The van der Waals surface area contributed by atoms with Crippen molar-refractivity contribution in [2.24, 2.45) is 0 Å². The molecule has 2 rings (SSSR count). The van der Waals surface area contributed by atoms with Crippen LogP contribution < -0.4 is 5.32 Å². The fourth-order valence-electron chi connectivity index (χ4n) is 2.13. The summed E-state index contributed by atoms with van der Waals surface area (Å²) in [7, 11) is 0. The summed E-state index contributed by atoms with van der Waals surface area (Å²) >= 11 is 12.0. The maximum atomic E-state index is 11.9. The van der Waals surface area contributed by atoms with Crippen molar-refractivity contribution in [2.45, 2.75) is 19.1 Å². The zero-order valence-electron chi connectivity index (χ0n) is 12.5. The van der Waals surface area contributed by atoms with Gasteiger partial charge in [0, 0.05) is 5.69 Å². The summed E-state index contributed by atoms with van der Waals surface area (Å²) in [5.74, 6) is -0.702. The molecular formula is C17H17Cl2NO3. The number of carbonyl (C=O) groups is 1. The predicted octanol–water partition coefficient (Wildman–Crippen LogP) is 4.07. The lowest BCUT2D eigenvalue weighted by atomic mass is 10.0. The first-order valence-corrected chi connectivity index (χ1v) is 7.89. The van der Waals surface area contributed by atoms with Crippen LogP contribution >= 0.6 is 23.2 Å². The molecule has 0 unspecified atom stereocenters. The van der Waals surface area contributed by atoms with E-state index in [4.69, 9.17) is 27.9 Å². The van der Waals surface area contributed by atoms with E-state index in [2.05, 4.69) is 5.32 Å². The molecule has 2 atom stereocenters. The summed E-state index contributed by atoms with van der Waals surface area (Å²) in [6.45, 7) is 1.87. The van der Waals surface area contributed by atoms with E-state index < -0.39 is 18.1 Å². The quantitative estimate of drug-likeness (QED) is 0.768. The smallest absolute Gasteiger partial charge is 0.337 e. The molecule has 0 amide bonds. The second-order valence-electron chi connectivity index (χ2n) is 4.86. The Morgan fingerprint density at radius 2 is 1.87 bits per heavy atom. The van der Waals surface area contributed by atoms with Crippen molar-refractivity contribution in [3.05, 3.63) is 64.1 Å². The third-order valence-electron chi connectivity index (χ3n) is 3.24. The number of nitrogens with one attached hydrogen (secondary N) is 1. The van der Waals surface area contributed by atoms with Gasteiger partial charge in [-0.2, -0.15) is 0 Å². The number of rotatable bonds is 6. The Labute approximate surface area is 145 Å². The van der Waals surface area contributed by atoms with Gasteiger partial charge in [0.25, 0.3) is 0 Å². The molecule has 2 aromatic rings. The summed E-state index contributed by atoms with van der Waals surface area (Å²) < 4.78 is 4.91. The molecule has 0 fully saturated rings. The molecule has 0 heterocycles. The van der Waals surface area contributed by atoms with Crippen molar-refractivity contribution in [3.63, 3.8) is 0 Å². The van der Waals surface area contributed by atoms with Crippen molar-refractivity contribution in [3.8, 4) is 0 Å². The molecule has 4 nitrogen and oxygen atoms in total. The third-order valence-corrected chi connectivity index (χ3v) is 3.98. The molecule has 0 aliphatic heterocycles. The number of carbonyl (C=O) groups excluding carboxylic acids is 1. The van der Waals surface area contributed by atoms with Crippen LogP contribution in [0.5, 0.6) is 0 Å². The van der Waals surface area contributed by atoms with Crippen molar-refractivity contribution in [2.75, 3.05) is 11.9 Å². The van der Waals surface area contributed by atoms with Gasteiger partial charge >= 0.3 is 5.97 Å². The number of hydrogen-bond donors (Lipinski definition) is 2. The Morgan fingerprint density at radius 3 is 2.48 bits per heavy atom. The number of ether oxygens (including phenoxy) is 1. The lowest BCUT2D eigenvalue weighted by Gasteiger charge is -2.24. The van der Waals surface area contributed by atoms with Crippen LogP contribution in [0.2, 0.25) is 10.0 Å². The van der Waals surface area contributed by atoms with Gasteiger partial charge in [-0.25, -0.2) is 4.79 Å².